The molecule has 20 heavy (non-hydrogen) atoms. The summed E-state index contributed by atoms with van der Waals surface area (Å²) >= 11 is 0. The number of nitro benzene ring substituents is 1. The Kier molecular flexibility index (Phi) is 4.19. The monoisotopic (exact) mass is 279 g/mol. The molecular weight excluding hydrogens is 262 g/mol. The van der Waals surface area contributed by atoms with Gasteiger partial charge in [0, 0.05) is 18.0 Å². The van der Waals surface area contributed by atoms with Gasteiger partial charge in [-0.2, -0.15) is 0 Å². The molecule has 0 aliphatic carbocycles. The van der Waals surface area contributed by atoms with Gasteiger partial charge in [-0.1, -0.05) is 0 Å². The van der Waals surface area contributed by atoms with Crippen molar-refractivity contribution in [2.45, 2.75) is 25.8 Å². The van der Waals surface area contributed by atoms with Crippen LogP contribution in [0, 0.1) is 16.0 Å². The number of carbonyl (C=O) groups excluding carboxylic acids is 1. The lowest BCUT2D eigenvalue weighted by Crippen LogP contribution is -2.40. The second-order valence-corrected chi connectivity index (χ2v) is 5.02. The summed E-state index contributed by atoms with van der Waals surface area (Å²) in [4.78, 5) is 22.1. The maximum Gasteiger partial charge on any atom is 0.273 e. The van der Waals surface area contributed by atoms with Crippen molar-refractivity contribution in [3.63, 3.8) is 0 Å². The lowest BCUT2D eigenvalue weighted by atomic mass is 9.92. The van der Waals surface area contributed by atoms with Crippen LogP contribution in [0.5, 0.6) is 5.75 Å². The quantitative estimate of drug-likeness (QED) is 0.443. The first-order valence-electron chi connectivity index (χ1n) is 6.49. The minimum atomic E-state index is -0.597. The number of aromatic hydroxyl groups is 1. The molecule has 7 nitrogen and oxygen atoms in total. The van der Waals surface area contributed by atoms with Crippen LogP contribution >= 0.6 is 0 Å². The summed E-state index contributed by atoms with van der Waals surface area (Å²) in [6.07, 6.45) is 1.48. The van der Waals surface area contributed by atoms with E-state index in [1.54, 1.807) is 0 Å². The summed E-state index contributed by atoms with van der Waals surface area (Å²) in [5.41, 5.74) is -0.0113. The van der Waals surface area contributed by atoms with Crippen molar-refractivity contribution in [3.05, 3.63) is 28.3 Å². The molecule has 1 aliphatic rings. The number of anilines is 1. The molecule has 1 fully saturated rings. The van der Waals surface area contributed by atoms with E-state index in [0.717, 1.165) is 25.5 Å². The highest BCUT2D eigenvalue weighted by atomic mass is 16.6. The van der Waals surface area contributed by atoms with Crippen LogP contribution in [0.2, 0.25) is 0 Å². The number of benzene rings is 1. The molecule has 1 amide bonds. The van der Waals surface area contributed by atoms with Gasteiger partial charge in [0.1, 0.15) is 5.75 Å². The van der Waals surface area contributed by atoms with Gasteiger partial charge in [-0.3, -0.25) is 14.9 Å². The third-order valence-corrected chi connectivity index (χ3v) is 3.44. The van der Waals surface area contributed by atoms with E-state index in [1.165, 1.54) is 12.1 Å². The first kappa shape index (κ1) is 14.3. The van der Waals surface area contributed by atoms with Gasteiger partial charge < -0.3 is 15.7 Å². The third-order valence-electron chi connectivity index (χ3n) is 3.44. The van der Waals surface area contributed by atoms with E-state index in [1.807, 2.05) is 6.92 Å². The van der Waals surface area contributed by atoms with E-state index in [4.69, 9.17) is 0 Å². The molecular formula is C13H17N3O4. The summed E-state index contributed by atoms with van der Waals surface area (Å²) in [7, 11) is 0. The summed E-state index contributed by atoms with van der Waals surface area (Å²) in [5, 5.41) is 26.2. The second kappa shape index (κ2) is 5.87. The van der Waals surface area contributed by atoms with Crippen LogP contribution in [0.15, 0.2) is 18.2 Å². The van der Waals surface area contributed by atoms with Crippen molar-refractivity contribution < 1.29 is 14.8 Å². The number of amides is 1. The summed E-state index contributed by atoms with van der Waals surface area (Å²) in [6, 6.07) is 3.90. The predicted molar refractivity (Wildman–Crippen MR) is 73.6 cm³/mol. The first-order valence-corrected chi connectivity index (χ1v) is 6.49. The number of piperidine rings is 1. The number of hydrogen-bond acceptors (Lipinski definition) is 5. The summed E-state index contributed by atoms with van der Waals surface area (Å²) in [5.74, 6) is -0.571. The molecule has 1 aliphatic heterocycles. The Bertz CT molecular complexity index is 532. The lowest BCUT2D eigenvalue weighted by Gasteiger charge is -2.27. The number of phenolic OH excluding ortho intramolecular Hbond substituents is 1. The Labute approximate surface area is 116 Å². The Morgan fingerprint density at radius 3 is 2.90 bits per heavy atom. The van der Waals surface area contributed by atoms with E-state index in [-0.39, 0.29) is 35.0 Å². The molecule has 1 heterocycles. The van der Waals surface area contributed by atoms with Gasteiger partial charge in [0.25, 0.3) is 5.69 Å². The molecule has 108 valence electrons. The van der Waals surface area contributed by atoms with Crippen molar-refractivity contribution >= 4 is 17.3 Å². The summed E-state index contributed by atoms with van der Waals surface area (Å²) < 4.78 is 0. The maximum absolute atomic E-state index is 12.1. The summed E-state index contributed by atoms with van der Waals surface area (Å²) in [6.45, 7) is 2.80. The fourth-order valence-corrected chi connectivity index (χ4v) is 2.34. The maximum atomic E-state index is 12.1. The van der Waals surface area contributed by atoms with E-state index >= 15 is 0 Å². The number of carbonyl (C=O) groups is 1. The van der Waals surface area contributed by atoms with Crippen LogP contribution in [-0.2, 0) is 4.79 Å². The van der Waals surface area contributed by atoms with Gasteiger partial charge in [0.05, 0.1) is 16.7 Å². The molecule has 1 aromatic rings. The third kappa shape index (κ3) is 3.24. The molecule has 1 aromatic carbocycles. The zero-order chi connectivity index (χ0) is 14.7. The number of non-ortho nitro benzene ring substituents is 1. The average molecular weight is 279 g/mol. The Hall–Kier alpha value is -2.15. The molecule has 0 bridgehead atoms. The number of rotatable bonds is 3. The first-order chi connectivity index (χ1) is 9.47. The number of nitro groups is 1. The molecule has 2 unspecified atom stereocenters. The minimum absolute atomic E-state index is 0.110. The fourth-order valence-electron chi connectivity index (χ4n) is 2.34. The van der Waals surface area contributed by atoms with Gasteiger partial charge in [-0.05, 0) is 32.4 Å². The van der Waals surface area contributed by atoms with Gasteiger partial charge in [-0.25, -0.2) is 0 Å². The minimum Gasteiger partial charge on any atom is -0.506 e. The second-order valence-electron chi connectivity index (χ2n) is 5.02. The molecule has 7 heteroatoms. The molecule has 2 rings (SSSR count). The SMILES string of the molecule is CC1CC(C(=O)Nc2ccc([N+](=O)[O-])cc2O)CCN1. The van der Waals surface area contributed by atoms with Crippen LogP contribution in [-0.4, -0.2) is 28.5 Å². The highest BCUT2D eigenvalue weighted by Crippen LogP contribution is 2.29. The van der Waals surface area contributed by atoms with Crippen LogP contribution in [0.3, 0.4) is 0 Å². The zero-order valence-electron chi connectivity index (χ0n) is 11.1. The van der Waals surface area contributed by atoms with Crippen molar-refractivity contribution in [2.75, 3.05) is 11.9 Å². The zero-order valence-corrected chi connectivity index (χ0v) is 11.1. The molecule has 3 N–H and O–H groups in total. The fraction of sp³-hybridized carbons (Fsp3) is 0.462. The molecule has 1 saturated heterocycles. The average Bonchev–Trinajstić information content (AvgIpc) is 2.40. The Balaban J connectivity index is 2.06. The number of phenols is 1. The molecule has 0 saturated carbocycles. The van der Waals surface area contributed by atoms with Crippen LogP contribution in [0.25, 0.3) is 0 Å². The van der Waals surface area contributed by atoms with Gasteiger partial charge in [0.2, 0.25) is 5.91 Å². The van der Waals surface area contributed by atoms with Gasteiger partial charge >= 0.3 is 0 Å². The number of hydrogen-bond donors (Lipinski definition) is 3. The highest BCUT2D eigenvalue weighted by molar-refractivity contribution is 5.94. The Morgan fingerprint density at radius 1 is 1.55 bits per heavy atom. The van der Waals surface area contributed by atoms with E-state index in [2.05, 4.69) is 10.6 Å². The van der Waals surface area contributed by atoms with Gasteiger partial charge in [-0.15, -0.1) is 0 Å². The number of nitrogens with one attached hydrogen (secondary N) is 2. The smallest absolute Gasteiger partial charge is 0.273 e. The lowest BCUT2D eigenvalue weighted by molar-refractivity contribution is -0.384. The molecule has 0 spiro atoms. The van der Waals surface area contributed by atoms with Gasteiger partial charge in [0.15, 0.2) is 0 Å². The normalized spacial score (nSPS) is 22.2. The standard InChI is InChI=1S/C13H17N3O4/c1-8-6-9(4-5-14-8)13(18)15-11-3-2-10(16(19)20)7-12(11)17/h2-3,7-9,14,17H,4-6H2,1H3,(H,15,18). The Morgan fingerprint density at radius 2 is 2.30 bits per heavy atom. The number of nitrogens with zero attached hydrogens (tertiary/aromatic N) is 1. The van der Waals surface area contributed by atoms with Crippen molar-refractivity contribution in [1.82, 2.24) is 5.32 Å². The van der Waals surface area contributed by atoms with Crippen molar-refractivity contribution in [2.24, 2.45) is 5.92 Å². The van der Waals surface area contributed by atoms with E-state index < -0.39 is 4.92 Å². The highest BCUT2D eigenvalue weighted by Gasteiger charge is 2.25. The predicted octanol–water partition coefficient (Wildman–Crippen LogP) is 1.63. The van der Waals surface area contributed by atoms with Crippen molar-refractivity contribution in [3.8, 4) is 5.75 Å². The van der Waals surface area contributed by atoms with E-state index in [9.17, 15) is 20.0 Å². The van der Waals surface area contributed by atoms with Crippen LogP contribution in [0.1, 0.15) is 19.8 Å². The van der Waals surface area contributed by atoms with Crippen LogP contribution < -0.4 is 10.6 Å². The van der Waals surface area contributed by atoms with Crippen molar-refractivity contribution in [1.29, 1.82) is 0 Å². The topological polar surface area (TPSA) is 104 Å². The molecule has 2 atom stereocenters. The molecule has 0 aromatic heterocycles. The van der Waals surface area contributed by atoms with Crippen LogP contribution in [0.4, 0.5) is 11.4 Å². The largest absolute Gasteiger partial charge is 0.506 e. The van der Waals surface area contributed by atoms with E-state index in [0.29, 0.717) is 0 Å². The molecule has 0 radical (unpaired) electrons.